The number of nitrogens with two attached hydrogens (primary N) is 1. The van der Waals surface area contributed by atoms with E-state index >= 15 is 0 Å². The summed E-state index contributed by atoms with van der Waals surface area (Å²) in [6.45, 7) is 4.19. The van der Waals surface area contributed by atoms with Crippen molar-refractivity contribution >= 4 is 29.1 Å². The van der Waals surface area contributed by atoms with Gasteiger partial charge in [-0.3, -0.25) is 9.59 Å². The minimum absolute atomic E-state index is 0.0762. The van der Waals surface area contributed by atoms with Crippen LogP contribution in [0.3, 0.4) is 0 Å². The number of morpholine rings is 1. The van der Waals surface area contributed by atoms with Gasteiger partial charge >= 0.3 is 0 Å². The van der Waals surface area contributed by atoms with Gasteiger partial charge in [0.15, 0.2) is 12.1 Å². The first kappa shape index (κ1) is 21.7. The number of aromatic nitrogens is 2. The summed E-state index contributed by atoms with van der Waals surface area (Å²) >= 11 is 0. The van der Waals surface area contributed by atoms with Gasteiger partial charge in [-0.15, -0.1) is 0 Å². The minimum Gasteiger partial charge on any atom is -0.484 e. The van der Waals surface area contributed by atoms with Gasteiger partial charge in [-0.05, 0) is 13.0 Å². The molecule has 2 aromatic rings. The first-order chi connectivity index (χ1) is 15.5. The first-order valence-corrected chi connectivity index (χ1v) is 10.3. The standard InChI is InChI=1S/C22H25N5O5/c1-22(13-29)8-15-6-17(18(7-19(15)32-22)27-2-4-31-5-3-27)26-21(30)16(9-23)20-24-10-14(12-28)11-25-20/h6-7,9-12,29H,2-5,8,13,23H2,1H3,(H,26,30). The van der Waals surface area contributed by atoms with Gasteiger partial charge in [0, 0.05) is 49.7 Å². The van der Waals surface area contributed by atoms with E-state index in [-0.39, 0.29) is 18.0 Å². The Morgan fingerprint density at radius 1 is 1.31 bits per heavy atom. The molecule has 10 nitrogen and oxygen atoms in total. The molecule has 1 unspecified atom stereocenters. The van der Waals surface area contributed by atoms with E-state index in [1.165, 1.54) is 12.4 Å². The van der Waals surface area contributed by atoms with E-state index in [1.54, 1.807) is 0 Å². The number of ether oxygens (including phenoxy) is 2. The van der Waals surface area contributed by atoms with Gasteiger partial charge in [0.1, 0.15) is 11.4 Å². The number of nitrogens with zero attached hydrogens (tertiary/aromatic N) is 3. The summed E-state index contributed by atoms with van der Waals surface area (Å²) in [7, 11) is 0. The number of carbonyl (C=O) groups excluding carboxylic acids is 2. The number of fused-ring (bicyclic) bond motifs is 1. The van der Waals surface area contributed by atoms with Gasteiger partial charge in [-0.1, -0.05) is 0 Å². The molecule has 1 atom stereocenters. The molecule has 4 N–H and O–H groups in total. The van der Waals surface area contributed by atoms with Crippen molar-refractivity contribution in [2.75, 3.05) is 43.1 Å². The number of hydrogen-bond acceptors (Lipinski definition) is 9. The third kappa shape index (κ3) is 4.27. The lowest BCUT2D eigenvalue weighted by Crippen LogP contribution is -2.37. The lowest BCUT2D eigenvalue weighted by atomic mass is 9.99. The SMILES string of the molecule is CC1(CO)Cc2cc(NC(=O)C(=CN)c3ncc(C=O)cn3)c(N3CCOCC3)cc2O1. The van der Waals surface area contributed by atoms with E-state index in [4.69, 9.17) is 15.2 Å². The Morgan fingerprint density at radius 2 is 2.03 bits per heavy atom. The zero-order chi connectivity index (χ0) is 22.7. The van der Waals surface area contributed by atoms with Crippen LogP contribution >= 0.6 is 0 Å². The monoisotopic (exact) mass is 439 g/mol. The van der Waals surface area contributed by atoms with Crippen LogP contribution in [0.15, 0.2) is 30.7 Å². The summed E-state index contributed by atoms with van der Waals surface area (Å²) in [5, 5.41) is 12.6. The van der Waals surface area contributed by atoms with Gasteiger partial charge in [0.25, 0.3) is 5.91 Å². The minimum atomic E-state index is -0.705. The highest BCUT2D eigenvalue weighted by Gasteiger charge is 2.36. The van der Waals surface area contributed by atoms with E-state index in [9.17, 15) is 14.7 Å². The Balaban J connectivity index is 1.66. The van der Waals surface area contributed by atoms with Crippen molar-refractivity contribution in [1.82, 2.24) is 9.97 Å². The third-order valence-corrected chi connectivity index (χ3v) is 5.49. The number of aliphatic hydroxyl groups is 1. The molecule has 0 bridgehead atoms. The van der Waals surface area contributed by atoms with Crippen LogP contribution in [0.25, 0.3) is 5.57 Å². The average molecular weight is 439 g/mol. The summed E-state index contributed by atoms with van der Waals surface area (Å²) in [5.74, 6) is 0.314. The van der Waals surface area contributed by atoms with E-state index in [1.807, 2.05) is 19.1 Å². The van der Waals surface area contributed by atoms with Crippen molar-refractivity contribution in [2.24, 2.45) is 5.73 Å². The van der Waals surface area contributed by atoms with E-state index in [2.05, 4.69) is 20.2 Å². The normalized spacial score (nSPS) is 20.4. The third-order valence-electron chi connectivity index (χ3n) is 5.49. The molecular weight excluding hydrogens is 414 g/mol. The van der Waals surface area contributed by atoms with Crippen molar-refractivity contribution in [1.29, 1.82) is 0 Å². The maximum atomic E-state index is 13.1. The van der Waals surface area contributed by atoms with Gasteiger partial charge in [0.2, 0.25) is 0 Å². The number of hydrogen-bond donors (Lipinski definition) is 3. The van der Waals surface area contributed by atoms with E-state index < -0.39 is 11.5 Å². The van der Waals surface area contributed by atoms with Crippen LogP contribution in [0, 0.1) is 0 Å². The molecule has 10 heteroatoms. The summed E-state index contributed by atoms with van der Waals surface area (Å²) in [5.41, 5.74) is 7.64. The van der Waals surface area contributed by atoms with Crippen molar-refractivity contribution in [3.05, 3.63) is 47.7 Å². The van der Waals surface area contributed by atoms with Crippen LogP contribution in [-0.4, -0.2) is 65.8 Å². The number of anilines is 2. The van der Waals surface area contributed by atoms with E-state index in [0.717, 1.165) is 17.5 Å². The quantitative estimate of drug-likeness (QED) is 0.439. The number of amides is 1. The predicted molar refractivity (Wildman–Crippen MR) is 118 cm³/mol. The number of rotatable bonds is 6. The molecule has 1 aromatic heterocycles. The number of carbonyl (C=O) groups is 2. The lowest BCUT2D eigenvalue weighted by Gasteiger charge is -2.31. The molecule has 32 heavy (non-hydrogen) atoms. The molecule has 0 radical (unpaired) electrons. The second-order valence-corrected chi connectivity index (χ2v) is 7.96. The molecular formula is C22H25N5O5. The molecule has 1 aromatic carbocycles. The number of aldehydes is 1. The van der Waals surface area contributed by atoms with Crippen molar-refractivity contribution < 1.29 is 24.2 Å². The van der Waals surface area contributed by atoms with Crippen LogP contribution in [0.4, 0.5) is 11.4 Å². The fourth-order valence-corrected chi connectivity index (χ4v) is 3.79. The molecule has 0 aliphatic carbocycles. The van der Waals surface area contributed by atoms with Crippen molar-refractivity contribution in [2.45, 2.75) is 18.9 Å². The van der Waals surface area contributed by atoms with Gasteiger partial charge in [-0.2, -0.15) is 0 Å². The van der Waals surface area contributed by atoms with Crippen LogP contribution in [0.2, 0.25) is 0 Å². The molecule has 1 fully saturated rings. The van der Waals surface area contributed by atoms with Gasteiger partial charge < -0.3 is 30.5 Å². The van der Waals surface area contributed by atoms with Crippen LogP contribution in [0.5, 0.6) is 5.75 Å². The highest BCUT2D eigenvalue weighted by atomic mass is 16.5. The Hall–Kier alpha value is -3.50. The van der Waals surface area contributed by atoms with Crippen LogP contribution in [-0.2, 0) is 16.0 Å². The van der Waals surface area contributed by atoms with E-state index in [0.29, 0.717) is 56.0 Å². The Morgan fingerprint density at radius 3 is 2.66 bits per heavy atom. The molecule has 1 saturated heterocycles. The average Bonchev–Trinajstić information content (AvgIpc) is 3.16. The smallest absolute Gasteiger partial charge is 0.261 e. The van der Waals surface area contributed by atoms with Gasteiger partial charge in [-0.25, -0.2) is 9.97 Å². The molecule has 2 aliphatic heterocycles. The van der Waals surface area contributed by atoms with Gasteiger partial charge in [0.05, 0.1) is 42.3 Å². The Kier molecular flexibility index (Phi) is 6.06. The highest BCUT2D eigenvalue weighted by molar-refractivity contribution is 6.24. The second-order valence-electron chi connectivity index (χ2n) is 7.96. The molecule has 168 valence electrons. The number of benzene rings is 1. The molecule has 3 heterocycles. The van der Waals surface area contributed by atoms with Crippen LogP contribution in [0.1, 0.15) is 28.7 Å². The number of aliphatic hydroxyl groups excluding tert-OH is 1. The molecule has 4 rings (SSSR count). The summed E-state index contributed by atoms with van der Waals surface area (Å²) < 4.78 is 11.5. The molecule has 1 amide bonds. The zero-order valence-electron chi connectivity index (χ0n) is 17.7. The maximum Gasteiger partial charge on any atom is 0.261 e. The van der Waals surface area contributed by atoms with Crippen molar-refractivity contribution in [3.8, 4) is 5.75 Å². The number of nitrogens with one attached hydrogen (secondary N) is 1. The summed E-state index contributed by atoms with van der Waals surface area (Å²) in [4.78, 5) is 34.2. The van der Waals surface area contributed by atoms with Crippen LogP contribution < -0.4 is 20.7 Å². The second kappa shape index (κ2) is 8.93. The fourth-order valence-electron chi connectivity index (χ4n) is 3.79. The summed E-state index contributed by atoms with van der Waals surface area (Å²) in [6, 6.07) is 3.75. The Labute approximate surface area is 185 Å². The largest absolute Gasteiger partial charge is 0.484 e. The highest BCUT2D eigenvalue weighted by Crippen LogP contribution is 2.42. The molecule has 0 saturated carbocycles. The molecule has 0 spiro atoms. The lowest BCUT2D eigenvalue weighted by molar-refractivity contribution is -0.111. The fraction of sp³-hybridized carbons (Fsp3) is 0.364. The van der Waals surface area contributed by atoms with Crippen molar-refractivity contribution in [3.63, 3.8) is 0 Å². The zero-order valence-corrected chi connectivity index (χ0v) is 17.7. The first-order valence-electron chi connectivity index (χ1n) is 10.3. The topological polar surface area (TPSA) is 140 Å². The predicted octanol–water partition coefficient (Wildman–Crippen LogP) is 0.750. The summed E-state index contributed by atoms with van der Waals surface area (Å²) in [6.07, 6.45) is 4.93. The maximum absolute atomic E-state index is 13.1. The Bertz CT molecular complexity index is 1050. The molecule has 2 aliphatic rings.